The standard InChI is InChI=1S/C17H20N2O2/c1-13-6-8-16(9-7-13)21-11-10-18-17(20)19-15-5-3-4-14(2)12-15/h3-9,12H,10-11H2,1-2H3,(H2,18,19,20). The number of hydrogen-bond acceptors (Lipinski definition) is 2. The molecule has 4 nitrogen and oxygen atoms in total. The monoisotopic (exact) mass is 284 g/mol. The molecule has 2 rings (SSSR count). The van der Waals surface area contributed by atoms with E-state index >= 15 is 0 Å². The van der Waals surface area contributed by atoms with E-state index in [-0.39, 0.29) is 6.03 Å². The number of aryl methyl sites for hydroxylation is 2. The first-order valence-corrected chi connectivity index (χ1v) is 6.94. The van der Waals surface area contributed by atoms with Gasteiger partial charge in [0.1, 0.15) is 12.4 Å². The number of amides is 2. The number of carbonyl (C=O) groups excluding carboxylic acids is 1. The predicted molar refractivity (Wildman–Crippen MR) is 84.9 cm³/mol. The summed E-state index contributed by atoms with van der Waals surface area (Å²) >= 11 is 0. The van der Waals surface area contributed by atoms with Crippen LogP contribution in [0.1, 0.15) is 11.1 Å². The zero-order valence-corrected chi connectivity index (χ0v) is 12.3. The molecule has 0 spiro atoms. The summed E-state index contributed by atoms with van der Waals surface area (Å²) in [6.45, 7) is 4.90. The third-order valence-corrected chi connectivity index (χ3v) is 2.95. The highest BCUT2D eigenvalue weighted by Gasteiger charge is 2.01. The molecular formula is C17H20N2O2. The number of rotatable bonds is 5. The maximum absolute atomic E-state index is 11.7. The third-order valence-electron chi connectivity index (χ3n) is 2.95. The molecule has 4 heteroatoms. The van der Waals surface area contributed by atoms with Crippen LogP contribution in [0, 0.1) is 13.8 Å². The summed E-state index contributed by atoms with van der Waals surface area (Å²) in [4.78, 5) is 11.7. The van der Waals surface area contributed by atoms with Crippen LogP contribution in [-0.4, -0.2) is 19.2 Å². The maximum atomic E-state index is 11.7. The van der Waals surface area contributed by atoms with Crippen LogP contribution in [0.2, 0.25) is 0 Å². The quantitative estimate of drug-likeness (QED) is 0.826. The molecule has 2 aromatic rings. The molecule has 0 saturated heterocycles. The summed E-state index contributed by atoms with van der Waals surface area (Å²) in [6, 6.07) is 15.3. The molecule has 21 heavy (non-hydrogen) atoms. The summed E-state index contributed by atoms with van der Waals surface area (Å²) in [5.74, 6) is 0.807. The summed E-state index contributed by atoms with van der Waals surface area (Å²) in [5, 5.41) is 5.54. The minimum atomic E-state index is -0.229. The van der Waals surface area contributed by atoms with Crippen LogP contribution in [0.15, 0.2) is 48.5 Å². The average molecular weight is 284 g/mol. The van der Waals surface area contributed by atoms with Crippen molar-refractivity contribution in [2.45, 2.75) is 13.8 Å². The first-order chi connectivity index (χ1) is 10.1. The van der Waals surface area contributed by atoms with Crippen molar-refractivity contribution in [3.05, 3.63) is 59.7 Å². The van der Waals surface area contributed by atoms with Gasteiger partial charge in [0.25, 0.3) is 0 Å². The Labute approximate surface area is 125 Å². The molecule has 0 aromatic heterocycles. The first kappa shape index (κ1) is 14.9. The molecule has 0 saturated carbocycles. The summed E-state index contributed by atoms with van der Waals surface area (Å²) in [7, 11) is 0. The highest BCUT2D eigenvalue weighted by atomic mass is 16.5. The molecule has 110 valence electrons. The van der Waals surface area contributed by atoms with Crippen LogP contribution in [-0.2, 0) is 0 Å². The third kappa shape index (κ3) is 5.18. The number of urea groups is 1. The topological polar surface area (TPSA) is 50.4 Å². The second-order valence-electron chi connectivity index (χ2n) is 4.91. The minimum Gasteiger partial charge on any atom is -0.492 e. The Bertz CT molecular complexity index is 594. The average Bonchev–Trinajstić information content (AvgIpc) is 2.45. The van der Waals surface area contributed by atoms with Crippen LogP contribution >= 0.6 is 0 Å². The number of ether oxygens (including phenoxy) is 1. The number of benzene rings is 2. The molecule has 2 amide bonds. The number of carbonyl (C=O) groups is 1. The van der Waals surface area contributed by atoms with Crippen LogP contribution in [0.4, 0.5) is 10.5 Å². The van der Waals surface area contributed by atoms with E-state index in [1.165, 1.54) is 5.56 Å². The van der Waals surface area contributed by atoms with Gasteiger partial charge >= 0.3 is 6.03 Å². The largest absolute Gasteiger partial charge is 0.492 e. The van der Waals surface area contributed by atoms with Crippen molar-refractivity contribution in [1.29, 1.82) is 0 Å². The molecule has 0 atom stereocenters. The van der Waals surface area contributed by atoms with E-state index < -0.39 is 0 Å². The highest BCUT2D eigenvalue weighted by Crippen LogP contribution is 2.11. The number of hydrogen-bond donors (Lipinski definition) is 2. The first-order valence-electron chi connectivity index (χ1n) is 6.94. The zero-order valence-electron chi connectivity index (χ0n) is 12.3. The highest BCUT2D eigenvalue weighted by molar-refractivity contribution is 5.89. The number of nitrogens with one attached hydrogen (secondary N) is 2. The summed E-state index contributed by atoms with van der Waals surface area (Å²) < 4.78 is 5.54. The molecule has 0 aliphatic rings. The van der Waals surface area contributed by atoms with Crippen molar-refractivity contribution < 1.29 is 9.53 Å². The fraction of sp³-hybridized carbons (Fsp3) is 0.235. The van der Waals surface area contributed by atoms with Gasteiger partial charge in [-0.05, 0) is 43.7 Å². The zero-order chi connectivity index (χ0) is 15.1. The van der Waals surface area contributed by atoms with Crippen LogP contribution in [0.5, 0.6) is 5.75 Å². The van der Waals surface area contributed by atoms with Gasteiger partial charge < -0.3 is 15.4 Å². The van der Waals surface area contributed by atoms with E-state index in [1.54, 1.807) is 0 Å². The van der Waals surface area contributed by atoms with Gasteiger partial charge in [0.15, 0.2) is 0 Å². The van der Waals surface area contributed by atoms with E-state index in [4.69, 9.17) is 4.74 Å². The van der Waals surface area contributed by atoms with Crippen LogP contribution in [0.25, 0.3) is 0 Å². The lowest BCUT2D eigenvalue weighted by molar-refractivity contribution is 0.247. The van der Waals surface area contributed by atoms with Crippen LogP contribution < -0.4 is 15.4 Å². The summed E-state index contributed by atoms with van der Waals surface area (Å²) in [5.41, 5.74) is 3.08. The van der Waals surface area contributed by atoms with Gasteiger partial charge in [-0.1, -0.05) is 29.8 Å². The van der Waals surface area contributed by atoms with Gasteiger partial charge in [0, 0.05) is 5.69 Å². The molecular weight excluding hydrogens is 264 g/mol. The van der Waals surface area contributed by atoms with E-state index in [0.717, 1.165) is 17.0 Å². The molecule has 2 aromatic carbocycles. The second kappa shape index (κ2) is 7.33. The minimum absolute atomic E-state index is 0.229. The van der Waals surface area contributed by atoms with E-state index in [2.05, 4.69) is 10.6 Å². The molecule has 0 bridgehead atoms. The van der Waals surface area contributed by atoms with Crippen molar-refractivity contribution in [2.24, 2.45) is 0 Å². The van der Waals surface area contributed by atoms with E-state index in [0.29, 0.717) is 13.2 Å². The van der Waals surface area contributed by atoms with Gasteiger partial charge in [-0.3, -0.25) is 0 Å². The molecule has 0 radical (unpaired) electrons. The normalized spacial score (nSPS) is 10.0. The van der Waals surface area contributed by atoms with Gasteiger partial charge in [0.2, 0.25) is 0 Å². The van der Waals surface area contributed by atoms with Gasteiger partial charge in [-0.15, -0.1) is 0 Å². The second-order valence-corrected chi connectivity index (χ2v) is 4.91. The number of anilines is 1. The van der Waals surface area contributed by atoms with Crippen molar-refractivity contribution >= 4 is 11.7 Å². The lowest BCUT2D eigenvalue weighted by Gasteiger charge is -2.09. The molecule has 0 unspecified atom stereocenters. The Kier molecular flexibility index (Phi) is 5.21. The Hall–Kier alpha value is -2.49. The Balaban J connectivity index is 1.68. The van der Waals surface area contributed by atoms with Crippen molar-refractivity contribution in [3.8, 4) is 5.75 Å². The Morgan fingerprint density at radius 1 is 1.05 bits per heavy atom. The van der Waals surface area contributed by atoms with Gasteiger partial charge in [0.05, 0.1) is 6.54 Å². The van der Waals surface area contributed by atoms with Crippen molar-refractivity contribution in [1.82, 2.24) is 5.32 Å². The van der Waals surface area contributed by atoms with Crippen molar-refractivity contribution in [3.63, 3.8) is 0 Å². The molecule has 0 heterocycles. The van der Waals surface area contributed by atoms with E-state index in [9.17, 15) is 4.79 Å². The molecule has 0 aliphatic carbocycles. The van der Waals surface area contributed by atoms with Gasteiger partial charge in [-0.2, -0.15) is 0 Å². The summed E-state index contributed by atoms with van der Waals surface area (Å²) in [6.07, 6.45) is 0. The molecule has 2 N–H and O–H groups in total. The van der Waals surface area contributed by atoms with Crippen molar-refractivity contribution in [2.75, 3.05) is 18.5 Å². The Morgan fingerprint density at radius 2 is 1.81 bits per heavy atom. The lowest BCUT2D eigenvalue weighted by Crippen LogP contribution is -2.32. The fourth-order valence-corrected chi connectivity index (χ4v) is 1.87. The fourth-order valence-electron chi connectivity index (χ4n) is 1.87. The predicted octanol–water partition coefficient (Wildman–Crippen LogP) is 3.50. The SMILES string of the molecule is Cc1ccc(OCCNC(=O)Nc2cccc(C)c2)cc1. The van der Waals surface area contributed by atoms with Crippen LogP contribution in [0.3, 0.4) is 0 Å². The Morgan fingerprint density at radius 3 is 2.52 bits per heavy atom. The smallest absolute Gasteiger partial charge is 0.319 e. The van der Waals surface area contributed by atoms with E-state index in [1.807, 2.05) is 62.4 Å². The molecule has 0 fully saturated rings. The lowest BCUT2D eigenvalue weighted by atomic mass is 10.2. The van der Waals surface area contributed by atoms with Gasteiger partial charge in [-0.25, -0.2) is 4.79 Å². The maximum Gasteiger partial charge on any atom is 0.319 e. The molecule has 0 aliphatic heterocycles.